The number of aryl methyl sites for hydroxylation is 1. The number of pyridine rings is 1. The van der Waals surface area contributed by atoms with Crippen LogP contribution in [0.2, 0.25) is 0 Å². The van der Waals surface area contributed by atoms with E-state index in [0.29, 0.717) is 33.1 Å². The maximum absolute atomic E-state index is 13.2. The molecular formula is C22H18BrN3OS. The lowest BCUT2D eigenvalue weighted by molar-refractivity contribution is 0.102. The molecule has 1 amide bonds. The first kappa shape index (κ1) is 20.1. The van der Waals surface area contributed by atoms with Gasteiger partial charge in [-0.1, -0.05) is 53.2 Å². The van der Waals surface area contributed by atoms with Gasteiger partial charge in [-0.3, -0.25) is 4.79 Å². The van der Waals surface area contributed by atoms with Gasteiger partial charge in [0, 0.05) is 15.7 Å². The zero-order chi connectivity index (χ0) is 20.1. The summed E-state index contributed by atoms with van der Waals surface area (Å²) in [7, 11) is 0. The van der Waals surface area contributed by atoms with Crippen LogP contribution in [-0.2, 0) is 0 Å². The fourth-order valence-corrected chi connectivity index (χ4v) is 3.95. The summed E-state index contributed by atoms with van der Waals surface area (Å²) in [6, 6.07) is 19.1. The Morgan fingerprint density at radius 3 is 2.46 bits per heavy atom. The monoisotopic (exact) mass is 451 g/mol. The molecule has 0 atom stereocenters. The summed E-state index contributed by atoms with van der Waals surface area (Å²) in [5, 5.41) is 13.5. The van der Waals surface area contributed by atoms with Crippen LogP contribution < -0.4 is 5.32 Å². The highest BCUT2D eigenvalue weighted by atomic mass is 79.9. The number of nitrogens with zero attached hydrogens (tertiary/aromatic N) is 2. The lowest BCUT2D eigenvalue weighted by atomic mass is 9.94. The molecule has 0 bridgehead atoms. The average Bonchev–Trinajstić information content (AvgIpc) is 2.69. The molecule has 140 valence electrons. The molecule has 2 aromatic carbocycles. The van der Waals surface area contributed by atoms with Gasteiger partial charge in [-0.2, -0.15) is 5.26 Å². The van der Waals surface area contributed by atoms with Crippen LogP contribution in [-0.4, -0.2) is 16.6 Å². The highest BCUT2D eigenvalue weighted by molar-refractivity contribution is 9.10. The second kappa shape index (κ2) is 9.05. The minimum absolute atomic E-state index is 0.279. The molecular weight excluding hydrogens is 434 g/mol. The van der Waals surface area contributed by atoms with Crippen molar-refractivity contribution in [1.29, 1.82) is 5.26 Å². The lowest BCUT2D eigenvalue weighted by Crippen LogP contribution is -2.17. The van der Waals surface area contributed by atoms with Gasteiger partial charge in [0.05, 0.1) is 16.8 Å². The van der Waals surface area contributed by atoms with E-state index in [1.165, 1.54) is 11.8 Å². The number of hydrogen-bond donors (Lipinski definition) is 1. The van der Waals surface area contributed by atoms with E-state index < -0.39 is 0 Å². The first-order valence-corrected chi connectivity index (χ1v) is 10.5. The van der Waals surface area contributed by atoms with Crippen molar-refractivity contribution in [2.45, 2.75) is 18.9 Å². The van der Waals surface area contributed by atoms with Crippen molar-refractivity contribution in [3.05, 3.63) is 75.9 Å². The van der Waals surface area contributed by atoms with Crippen molar-refractivity contribution < 1.29 is 4.79 Å². The number of nitriles is 1. The van der Waals surface area contributed by atoms with Crippen LogP contribution in [0.4, 0.5) is 5.69 Å². The minimum Gasteiger partial charge on any atom is -0.322 e. The topological polar surface area (TPSA) is 65.8 Å². The normalized spacial score (nSPS) is 10.4. The maximum Gasteiger partial charge on any atom is 0.258 e. The molecule has 1 N–H and O–H groups in total. The van der Waals surface area contributed by atoms with Crippen LogP contribution >= 0.6 is 27.7 Å². The summed E-state index contributed by atoms with van der Waals surface area (Å²) in [4.78, 5) is 17.7. The van der Waals surface area contributed by atoms with Crippen molar-refractivity contribution in [2.24, 2.45) is 0 Å². The highest BCUT2D eigenvalue weighted by Gasteiger charge is 2.24. The first-order valence-electron chi connectivity index (χ1n) is 8.75. The van der Waals surface area contributed by atoms with Gasteiger partial charge in [-0.15, -0.1) is 11.8 Å². The molecule has 6 heteroatoms. The molecule has 4 nitrogen and oxygen atoms in total. The molecule has 1 heterocycles. The third-order valence-corrected chi connectivity index (χ3v) is 5.52. The number of thioether (sulfide) groups is 1. The number of amides is 1. The number of benzene rings is 2. The smallest absolute Gasteiger partial charge is 0.258 e. The summed E-state index contributed by atoms with van der Waals surface area (Å²) in [5.74, 6) is 0.509. The van der Waals surface area contributed by atoms with E-state index in [1.54, 1.807) is 0 Å². The Morgan fingerprint density at radius 2 is 1.86 bits per heavy atom. The Bertz CT molecular complexity index is 1040. The van der Waals surface area contributed by atoms with Gasteiger partial charge in [0.15, 0.2) is 0 Å². The summed E-state index contributed by atoms with van der Waals surface area (Å²) < 4.78 is 0.930. The van der Waals surface area contributed by atoms with Crippen molar-refractivity contribution in [3.63, 3.8) is 0 Å². The predicted octanol–water partition coefficient (Wildman–Crippen LogP) is 6.06. The third-order valence-electron chi connectivity index (χ3n) is 4.13. The summed E-state index contributed by atoms with van der Waals surface area (Å²) >= 11 is 4.94. The summed E-state index contributed by atoms with van der Waals surface area (Å²) in [5.41, 5.74) is 3.56. The Kier molecular flexibility index (Phi) is 6.50. The van der Waals surface area contributed by atoms with Crippen LogP contribution in [0, 0.1) is 18.3 Å². The second-order valence-corrected chi connectivity index (χ2v) is 8.17. The van der Waals surface area contributed by atoms with Crippen LogP contribution in [0.25, 0.3) is 11.1 Å². The molecule has 0 saturated heterocycles. The van der Waals surface area contributed by atoms with E-state index in [0.717, 1.165) is 15.8 Å². The molecule has 0 aliphatic heterocycles. The number of nitrogens with one attached hydrogen (secondary N) is 1. The van der Waals surface area contributed by atoms with Crippen LogP contribution in [0.15, 0.2) is 64.1 Å². The van der Waals surface area contributed by atoms with Crippen molar-refractivity contribution in [2.75, 3.05) is 11.1 Å². The molecule has 1 aromatic heterocycles. The number of para-hydroxylation sites is 1. The zero-order valence-electron chi connectivity index (χ0n) is 15.5. The van der Waals surface area contributed by atoms with Crippen molar-refractivity contribution >= 4 is 39.3 Å². The van der Waals surface area contributed by atoms with Gasteiger partial charge >= 0.3 is 0 Å². The van der Waals surface area contributed by atoms with Crippen LogP contribution in [0.1, 0.15) is 28.5 Å². The third kappa shape index (κ3) is 4.27. The van der Waals surface area contributed by atoms with E-state index in [9.17, 15) is 10.1 Å². The van der Waals surface area contributed by atoms with Gasteiger partial charge in [0.1, 0.15) is 11.1 Å². The molecule has 3 aromatic rings. The van der Waals surface area contributed by atoms with E-state index in [1.807, 2.05) is 68.4 Å². The molecule has 3 rings (SSSR count). The summed E-state index contributed by atoms with van der Waals surface area (Å²) in [6.45, 7) is 3.82. The average molecular weight is 452 g/mol. The van der Waals surface area contributed by atoms with E-state index >= 15 is 0 Å². The maximum atomic E-state index is 13.2. The SMILES string of the molecule is CCSc1nc(C)c(C(=O)Nc2ccccc2)c(-c2ccc(Br)cc2)c1C#N. The zero-order valence-corrected chi connectivity index (χ0v) is 17.9. The van der Waals surface area contributed by atoms with E-state index in [4.69, 9.17) is 0 Å². The number of carbonyl (C=O) groups excluding carboxylic acids is 1. The van der Waals surface area contributed by atoms with Crippen LogP contribution in [0.3, 0.4) is 0 Å². The number of halogens is 1. The van der Waals surface area contributed by atoms with Crippen LogP contribution in [0.5, 0.6) is 0 Å². The molecule has 0 radical (unpaired) electrons. The fraction of sp³-hybridized carbons (Fsp3) is 0.136. The predicted molar refractivity (Wildman–Crippen MR) is 118 cm³/mol. The fourth-order valence-electron chi connectivity index (χ4n) is 2.92. The Balaban J connectivity index is 2.21. The molecule has 0 aliphatic rings. The van der Waals surface area contributed by atoms with E-state index in [2.05, 4.69) is 32.3 Å². The lowest BCUT2D eigenvalue weighted by Gasteiger charge is -2.17. The number of carbonyl (C=O) groups is 1. The number of rotatable bonds is 5. The van der Waals surface area contributed by atoms with Gasteiger partial charge in [-0.25, -0.2) is 4.98 Å². The molecule has 0 aliphatic carbocycles. The highest BCUT2D eigenvalue weighted by Crippen LogP contribution is 2.35. The minimum atomic E-state index is -0.279. The number of anilines is 1. The van der Waals surface area contributed by atoms with E-state index in [-0.39, 0.29) is 5.91 Å². The Morgan fingerprint density at radius 1 is 1.18 bits per heavy atom. The largest absolute Gasteiger partial charge is 0.322 e. The molecule has 0 fully saturated rings. The molecule has 28 heavy (non-hydrogen) atoms. The molecule has 0 unspecified atom stereocenters. The van der Waals surface area contributed by atoms with Crippen molar-refractivity contribution in [3.8, 4) is 17.2 Å². The van der Waals surface area contributed by atoms with Crippen molar-refractivity contribution in [1.82, 2.24) is 4.98 Å². The Hall–Kier alpha value is -2.62. The van der Waals surface area contributed by atoms with Gasteiger partial charge < -0.3 is 5.32 Å². The summed E-state index contributed by atoms with van der Waals surface area (Å²) in [6.07, 6.45) is 0. The molecule has 0 spiro atoms. The number of hydrogen-bond acceptors (Lipinski definition) is 4. The molecule has 0 saturated carbocycles. The standard InChI is InChI=1S/C22H18BrN3OS/c1-3-28-22-18(13-24)20(15-9-11-16(23)12-10-15)19(14(2)25-22)21(27)26-17-7-5-4-6-8-17/h4-12H,3H2,1-2H3,(H,26,27). The number of aromatic nitrogens is 1. The first-order chi connectivity index (χ1) is 13.5. The Labute approximate surface area is 177 Å². The van der Waals surface area contributed by atoms with Gasteiger partial charge in [0.25, 0.3) is 5.91 Å². The van der Waals surface area contributed by atoms with Gasteiger partial charge in [0.2, 0.25) is 0 Å². The second-order valence-electron chi connectivity index (χ2n) is 6.00. The van der Waals surface area contributed by atoms with Gasteiger partial charge in [-0.05, 0) is 42.5 Å². The quantitative estimate of drug-likeness (QED) is 0.479.